The third kappa shape index (κ3) is 4.04. The molecule has 3 heterocycles. The van der Waals surface area contributed by atoms with Crippen molar-refractivity contribution in [3.05, 3.63) is 65.4 Å². The number of carbonyl (C=O) groups is 1. The van der Waals surface area contributed by atoms with Gasteiger partial charge in [0.15, 0.2) is 5.03 Å². The summed E-state index contributed by atoms with van der Waals surface area (Å²) in [6, 6.07) is 7.18. The summed E-state index contributed by atoms with van der Waals surface area (Å²) >= 11 is 0. The fourth-order valence-corrected chi connectivity index (χ4v) is 4.68. The summed E-state index contributed by atoms with van der Waals surface area (Å²) in [7, 11) is -2.45. The van der Waals surface area contributed by atoms with E-state index in [1.807, 2.05) is 0 Å². The van der Waals surface area contributed by atoms with Crippen LogP contribution >= 0.6 is 0 Å². The van der Waals surface area contributed by atoms with Crippen LogP contribution in [0.4, 0.5) is 4.39 Å². The summed E-state index contributed by atoms with van der Waals surface area (Å²) < 4.78 is 47.1. The van der Waals surface area contributed by atoms with Crippen LogP contribution in [0.3, 0.4) is 0 Å². The average Bonchev–Trinajstić information content (AvgIpc) is 3.49. The van der Waals surface area contributed by atoms with Crippen LogP contribution in [0.1, 0.15) is 22.7 Å². The van der Waals surface area contributed by atoms with E-state index in [9.17, 15) is 22.7 Å². The number of aromatic nitrogens is 4. The molecular weight excluding hydrogens is 441 g/mol. The van der Waals surface area contributed by atoms with Crippen LogP contribution in [0, 0.1) is 5.82 Å². The van der Waals surface area contributed by atoms with Crippen LogP contribution in [0.15, 0.2) is 47.8 Å². The molecule has 1 N–H and O–H groups in total. The summed E-state index contributed by atoms with van der Waals surface area (Å²) in [4.78, 5) is 14.3. The normalized spacial score (nSPS) is 14.5. The molecule has 2 aromatic heterocycles. The second-order valence-electron chi connectivity index (χ2n) is 7.34. The van der Waals surface area contributed by atoms with Crippen LogP contribution in [0.25, 0.3) is 0 Å². The lowest BCUT2D eigenvalue weighted by molar-refractivity contribution is -0.134. The van der Waals surface area contributed by atoms with Crippen molar-refractivity contribution in [1.82, 2.24) is 23.9 Å². The predicted molar refractivity (Wildman–Crippen MR) is 109 cm³/mol. The summed E-state index contributed by atoms with van der Waals surface area (Å²) in [6.45, 7) is 0.421. The number of carbonyl (C=O) groups excluding carboxylic acids is 1. The van der Waals surface area contributed by atoms with Crippen LogP contribution in [0.2, 0.25) is 0 Å². The van der Waals surface area contributed by atoms with Crippen molar-refractivity contribution in [2.75, 3.05) is 20.3 Å². The largest absolute Gasteiger partial charge is 0.395 e. The first kappa shape index (κ1) is 22.1. The maximum absolute atomic E-state index is 14.1. The molecule has 1 atom stereocenters. The SMILES string of the molecule is COCCn1ccc(S(=O)(=O)n2cc3c(n2)CN(C(=O)[C@H](CO)c2ccccc2F)C3)n1. The molecule has 0 aliphatic carbocycles. The van der Waals surface area contributed by atoms with E-state index < -0.39 is 34.3 Å². The molecule has 1 aromatic carbocycles. The lowest BCUT2D eigenvalue weighted by atomic mass is 9.98. The Kier molecular flexibility index (Phi) is 6.09. The minimum absolute atomic E-state index is 0.0594. The van der Waals surface area contributed by atoms with E-state index in [1.165, 1.54) is 40.0 Å². The van der Waals surface area contributed by atoms with Crippen LogP contribution in [-0.2, 0) is 39.2 Å². The lowest BCUT2D eigenvalue weighted by Crippen LogP contribution is -2.33. The Labute approximate surface area is 183 Å². The van der Waals surface area contributed by atoms with Crippen molar-refractivity contribution in [3.63, 3.8) is 0 Å². The maximum atomic E-state index is 14.1. The number of methoxy groups -OCH3 is 1. The monoisotopic (exact) mass is 463 g/mol. The second-order valence-corrected chi connectivity index (χ2v) is 9.08. The van der Waals surface area contributed by atoms with Crippen LogP contribution in [0.5, 0.6) is 0 Å². The zero-order valence-electron chi connectivity index (χ0n) is 17.3. The van der Waals surface area contributed by atoms with Gasteiger partial charge in [0.2, 0.25) is 5.91 Å². The van der Waals surface area contributed by atoms with Crippen molar-refractivity contribution >= 4 is 15.9 Å². The minimum atomic E-state index is -3.99. The van der Waals surface area contributed by atoms with E-state index in [-0.39, 0.29) is 23.7 Å². The zero-order valence-corrected chi connectivity index (χ0v) is 18.1. The summed E-state index contributed by atoms with van der Waals surface area (Å²) in [6.07, 6.45) is 2.89. The molecule has 0 saturated heterocycles. The van der Waals surface area contributed by atoms with Gasteiger partial charge >= 0.3 is 10.0 Å². The predicted octanol–water partition coefficient (Wildman–Crippen LogP) is 0.720. The number of aliphatic hydroxyl groups is 1. The minimum Gasteiger partial charge on any atom is -0.395 e. The van der Waals surface area contributed by atoms with Gasteiger partial charge in [0, 0.05) is 37.2 Å². The Morgan fingerprint density at radius 2 is 2.03 bits per heavy atom. The number of hydrogen-bond donors (Lipinski definition) is 1. The molecule has 1 aliphatic rings. The number of benzene rings is 1. The highest BCUT2D eigenvalue weighted by atomic mass is 32.2. The molecule has 0 fully saturated rings. The first-order valence-electron chi connectivity index (χ1n) is 9.84. The van der Waals surface area contributed by atoms with Gasteiger partial charge in [-0.1, -0.05) is 18.2 Å². The number of hydrogen-bond acceptors (Lipinski definition) is 7. The number of nitrogens with zero attached hydrogens (tertiary/aromatic N) is 5. The van der Waals surface area contributed by atoms with E-state index >= 15 is 0 Å². The van der Waals surface area contributed by atoms with E-state index in [4.69, 9.17) is 4.74 Å². The summed E-state index contributed by atoms with van der Waals surface area (Å²) in [5.41, 5.74) is 1.10. The molecule has 32 heavy (non-hydrogen) atoms. The molecule has 0 unspecified atom stereocenters. The second kappa shape index (κ2) is 8.81. The average molecular weight is 463 g/mol. The number of halogens is 1. The maximum Gasteiger partial charge on any atom is 0.302 e. The van der Waals surface area contributed by atoms with Crippen LogP contribution in [-0.4, -0.2) is 63.6 Å². The number of amides is 1. The Hall–Kier alpha value is -3.09. The summed E-state index contributed by atoms with van der Waals surface area (Å²) in [5, 5.41) is 17.8. The van der Waals surface area contributed by atoms with Gasteiger partial charge in [0.1, 0.15) is 5.82 Å². The van der Waals surface area contributed by atoms with Crippen molar-refractivity contribution in [2.45, 2.75) is 30.6 Å². The summed E-state index contributed by atoms with van der Waals surface area (Å²) in [5.74, 6) is -2.08. The molecule has 1 amide bonds. The van der Waals surface area contributed by atoms with Crippen molar-refractivity contribution in [3.8, 4) is 0 Å². The number of aliphatic hydroxyl groups excluding tert-OH is 1. The van der Waals surface area contributed by atoms with Gasteiger partial charge in [0.25, 0.3) is 0 Å². The number of ether oxygens (including phenoxy) is 1. The van der Waals surface area contributed by atoms with E-state index in [0.29, 0.717) is 24.4 Å². The van der Waals surface area contributed by atoms with Gasteiger partial charge in [-0.2, -0.15) is 22.7 Å². The molecule has 0 bridgehead atoms. The highest BCUT2D eigenvalue weighted by Crippen LogP contribution is 2.28. The van der Waals surface area contributed by atoms with Gasteiger partial charge in [-0.3, -0.25) is 9.48 Å². The number of fused-ring (bicyclic) bond motifs is 1. The molecule has 10 nitrogen and oxygen atoms in total. The van der Waals surface area contributed by atoms with Crippen molar-refractivity contribution in [2.24, 2.45) is 0 Å². The fraction of sp³-hybridized carbons (Fsp3) is 0.350. The molecule has 0 radical (unpaired) electrons. The van der Waals surface area contributed by atoms with E-state index in [2.05, 4.69) is 10.2 Å². The Morgan fingerprint density at radius 1 is 1.25 bits per heavy atom. The quantitative estimate of drug-likeness (QED) is 0.523. The highest BCUT2D eigenvalue weighted by Gasteiger charge is 2.34. The Bertz CT molecular complexity index is 1220. The van der Waals surface area contributed by atoms with Crippen LogP contribution < -0.4 is 0 Å². The molecule has 3 aromatic rings. The van der Waals surface area contributed by atoms with Crippen molar-refractivity contribution < 1.29 is 27.4 Å². The van der Waals surface area contributed by atoms with E-state index in [0.717, 1.165) is 4.09 Å². The molecular formula is C20H22FN5O5S. The topological polar surface area (TPSA) is 120 Å². The molecule has 170 valence electrons. The molecule has 12 heteroatoms. The van der Waals surface area contributed by atoms with E-state index in [1.54, 1.807) is 19.4 Å². The Morgan fingerprint density at radius 3 is 2.72 bits per heavy atom. The molecule has 4 rings (SSSR count). The first-order valence-corrected chi connectivity index (χ1v) is 11.3. The van der Waals surface area contributed by atoms with Gasteiger partial charge in [-0.15, -0.1) is 0 Å². The number of rotatable bonds is 8. The highest BCUT2D eigenvalue weighted by molar-refractivity contribution is 7.89. The third-order valence-corrected chi connectivity index (χ3v) is 6.71. The van der Waals surface area contributed by atoms with Gasteiger partial charge < -0.3 is 14.7 Å². The molecule has 0 saturated carbocycles. The van der Waals surface area contributed by atoms with Crippen molar-refractivity contribution in [1.29, 1.82) is 0 Å². The third-order valence-electron chi connectivity index (χ3n) is 5.28. The standard InChI is InChI=1S/C20H22FN5O5S/c1-31-9-8-25-7-6-19(23-25)32(29,30)26-11-14-10-24(12-18(14)22-26)20(28)16(13-27)15-4-2-3-5-17(15)21/h2-7,11,16,27H,8-10,12-13H2,1H3/t16-/m1/s1. The lowest BCUT2D eigenvalue weighted by Gasteiger charge is -2.22. The fourth-order valence-electron chi connectivity index (χ4n) is 3.58. The molecule has 1 aliphatic heterocycles. The smallest absolute Gasteiger partial charge is 0.302 e. The Balaban J connectivity index is 1.50. The van der Waals surface area contributed by atoms with Gasteiger partial charge in [0.05, 0.1) is 37.9 Å². The zero-order chi connectivity index (χ0) is 22.9. The molecule has 0 spiro atoms. The first-order chi connectivity index (χ1) is 15.3. The van der Waals surface area contributed by atoms with Gasteiger partial charge in [-0.25, -0.2) is 4.39 Å². The van der Waals surface area contributed by atoms with Gasteiger partial charge in [-0.05, 0) is 12.1 Å².